The molecule has 1 amide bonds. The Labute approximate surface area is 182 Å². The van der Waals surface area contributed by atoms with Crippen molar-refractivity contribution in [1.29, 1.82) is 0 Å². The van der Waals surface area contributed by atoms with Crippen LogP contribution in [0.4, 0.5) is 17.1 Å². The number of hydrogen-bond acceptors (Lipinski definition) is 5. The number of nitrogens with zero attached hydrogens (tertiary/aromatic N) is 2. The molecule has 0 radical (unpaired) electrons. The Morgan fingerprint density at radius 1 is 1.03 bits per heavy atom. The fraction of sp³-hybridized carbons (Fsp3) is 0.0476. The fourth-order valence-electron chi connectivity index (χ4n) is 2.66. The first-order chi connectivity index (χ1) is 14.4. The highest BCUT2D eigenvalue weighted by molar-refractivity contribution is 6.39. The minimum absolute atomic E-state index is 0.0523. The molecule has 7 nitrogen and oxygen atoms in total. The molecule has 9 heteroatoms. The molecule has 3 aromatic carbocycles. The Kier molecular flexibility index (Phi) is 7.00. The molecular formula is C21H16Cl2N4O3. The first kappa shape index (κ1) is 21.3. The standard InChI is InChI=1S/C21H16Cl2N4O3/c22-17-8-4-9-18(23)21(17)25-19-10-2-1-6-15(19)12-20(28)26-24-13-14-5-3-7-16(11-14)27(29)30/h1-11,13,25H,12H2,(H,26,28)/b24-13+. The maximum Gasteiger partial charge on any atom is 0.270 e. The number of anilines is 2. The summed E-state index contributed by atoms with van der Waals surface area (Å²) in [4.78, 5) is 22.6. The van der Waals surface area contributed by atoms with Gasteiger partial charge in [0.15, 0.2) is 0 Å². The zero-order chi connectivity index (χ0) is 21.5. The zero-order valence-corrected chi connectivity index (χ0v) is 17.0. The summed E-state index contributed by atoms with van der Waals surface area (Å²) < 4.78 is 0. The summed E-state index contributed by atoms with van der Waals surface area (Å²) in [6.07, 6.45) is 1.40. The number of nitro groups is 1. The van der Waals surface area contributed by atoms with Crippen molar-refractivity contribution in [1.82, 2.24) is 5.43 Å². The number of non-ortho nitro benzene ring substituents is 1. The molecule has 0 bridgehead atoms. The third kappa shape index (κ3) is 5.56. The van der Waals surface area contributed by atoms with E-state index in [-0.39, 0.29) is 18.0 Å². The molecule has 0 aromatic heterocycles. The number of benzene rings is 3. The number of halogens is 2. The highest BCUT2D eigenvalue weighted by Crippen LogP contribution is 2.33. The maximum absolute atomic E-state index is 12.3. The quantitative estimate of drug-likeness (QED) is 0.293. The largest absolute Gasteiger partial charge is 0.353 e. The van der Waals surface area contributed by atoms with E-state index in [1.807, 2.05) is 18.2 Å². The summed E-state index contributed by atoms with van der Waals surface area (Å²) >= 11 is 12.4. The Bertz CT molecular complexity index is 1100. The predicted octanol–water partition coefficient (Wildman–Crippen LogP) is 5.34. The Morgan fingerprint density at radius 3 is 2.47 bits per heavy atom. The lowest BCUT2D eigenvalue weighted by Crippen LogP contribution is -2.20. The number of nitrogens with one attached hydrogen (secondary N) is 2. The lowest BCUT2D eigenvalue weighted by Gasteiger charge is -2.14. The molecule has 0 fully saturated rings. The highest BCUT2D eigenvalue weighted by Gasteiger charge is 2.11. The van der Waals surface area contributed by atoms with E-state index in [2.05, 4.69) is 15.8 Å². The summed E-state index contributed by atoms with van der Waals surface area (Å²) in [7, 11) is 0. The minimum Gasteiger partial charge on any atom is -0.353 e. The van der Waals surface area contributed by atoms with Gasteiger partial charge >= 0.3 is 0 Å². The number of carbonyl (C=O) groups excluding carboxylic acids is 1. The number of carbonyl (C=O) groups is 1. The van der Waals surface area contributed by atoms with E-state index in [9.17, 15) is 14.9 Å². The first-order valence-corrected chi connectivity index (χ1v) is 9.55. The van der Waals surface area contributed by atoms with Gasteiger partial charge in [0.05, 0.1) is 33.3 Å². The third-order valence-electron chi connectivity index (χ3n) is 4.07. The molecule has 0 aliphatic carbocycles. The van der Waals surface area contributed by atoms with Crippen LogP contribution in [-0.4, -0.2) is 17.0 Å². The zero-order valence-electron chi connectivity index (χ0n) is 15.5. The number of hydrazone groups is 1. The van der Waals surface area contributed by atoms with Gasteiger partial charge in [0.25, 0.3) is 5.69 Å². The van der Waals surface area contributed by atoms with Gasteiger partial charge < -0.3 is 5.32 Å². The van der Waals surface area contributed by atoms with Gasteiger partial charge in [-0.25, -0.2) is 5.43 Å². The van der Waals surface area contributed by atoms with E-state index in [1.54, 1.807) is 36.4 Å². The van der Waals surface area contributed by atoms with Crippen molar-refractivity contribution in [2.75, 3.05) is 5.32 Å². The second-order valence-electron chi connectivity index (χ2n) is 6.20. The van der Waals surface area contributed by atoms with Crippen LogP contribution >= 0.6 is 23.2 Å². The van der Waals surface area contributed by atoms with Gasteiger partial charge in [-0.2, -0.15) is 5.10 Å². The minimum atomic E-state index is -0.495. The molecule has 0 aliphatic rings. The lowest BCUT2D eigenvalue weighted by atomic mass is 10.1. The van der Waals surface area contributed by atoms with E-state index in [0.29, 0.717) is 27.0 Å². The molecule has 152 valence electrons. The first-order valence-electron chi connectivity index (χ1n) is 8.79. The van der Waals surface area contributed by atoms with Crippen LogP contribution < -0.4 is 10.7 Å². The van der Waals surface area contributed by atoms with Gasteiger partial charge in [-0.05, 0) is 23.8 Å². The molecule has 0 aliphatic heterocycles. The van der Waals surface area contributed by atoms with Crippen molar-refractivity contribution in [3.8, 4) is 0 Å². The molecule has 0 saturated heterocycles. The number of rotatable bonds is 7. The van der Waals surface area contributed by atoms with E-state index in [1.165, 1.54) is 18.3 Å². The molecule has 3 rings (SSSR count). The van der Waals surface area contributed by atoms with Crippen LogP contribution in [0.15, 0.2) is 71.8 Å². The van der Waals surface area contributed by atoms with E-state index < -0.39 is 4.92 Å². The van der Waals surface area contributed by atoms with Crippen molar-refractivity contribution < 1.29 is 9.72 Å². The van der Waals surface area contributed by atoms with Gasteiger partial charge in [0.1, 0.15) is 0 Å². The summed E-state index contributed by atoms with van der Waals surface area (Å²) in [5.74, 6) is -0.351. The monoisotopic (exact) mass is 442 g/mol. The van der Waals surface area contributed by atoms with Crippen LogP contribution in [0.5, 0.6) is 0 Å². The molecule has 0 heterocycles. The summed E-state index contributed by atoms with van der Waals surface area (Å²) in [6.45, 7) is 0. The highest BCUT2D eigenvalue weighted by atomic mass is 35.5. The summed E-state index contributed by atoms with van der Waals surface area (Å²) in [6, 6.07) is 18.4. The van der Waals surface area contributed by atoms with Crippen molar-refractivity contribution in [3.05, 3.63) is 98.0 Å². The van der Waals surface area contributed by atoms with Crippen molar-refractivity contribution in [3.63, 3.8) is 0 Å². The number of nitro benzene ring substituents is 1. The van der Waals surface area contributed by atoms with Crippen LogP contribution in [0.25, 0.3) is 0 Å². The summed E-state index contributed by atoms with van der Waals surface area (Å²) in [5.41, 5.74) is 4.83. The van der Waals surface area contributed by atoms with Crippen LogP contribution in [0.3, 0.4) is 0 Å². The molecule has 2 N–H and O–H groups in total. The number of hydrogen-bond donors (Lipinski definition) is 2. The second-order valence-corrected chi connectivity index (χ2v) is 7.02. The summed E-state index contributed by atoms with van der Waals surface area (Å²) in [5, 5.41) is 18.8. The molecule has 0 spiro atoms. The normalized spacial score (nSPS) is 10.7. The predicted molar refractivity (Wildman–Crippen MR) is 119 cm³/mol. The Balaban J connectivity index is 1.67. The average molecular weight is 443 g/mol. The van der Waals surface area contributed by atoms with Gasteiger partial charge in [0.2, 0.25) is 5.91 Å². The smallest absolute Gasteiger partial charge is 0.270 e. The van der Waals surface area contributed by atoms with Crippen molar-refractivity contribution in [2.45, 2.75) is 6.42 Å². The van der Waals surface area contributed by atoms with Gasteiger partial charge in [-0.15, -0.1) is 0 Å². The van der Waals surface area contributed by atoms with Gasteiger partial charge in [0, 0.05) is 23.4 Å². The maximum atomic E-state index is 12.3. The van der Waals surface area contributed by atoms with Gasteiger partial charge in [-0.1, -0.05) is 59.6 Å². The van der Waals surface area contributed by atoms with Gasteiger partial charge in [-0.3, -0.25) is 14.9 Å². The lowest BCUT2D eigenvalue weighted by molar-refractivity contribution is -0.384. The van der Waals surface area contributed by atoms with E-state index in [0.717, 1.165) is 5.56 Å². The van der Waals surface area contributed by atoms with Crippen LogP contribution in [0, 0.1) is 10.1 Å². The topological polar surface area (TPSA) is 96.6 Å². The molecule has 0 saturated carbocycles. The molecule has 3 aromatic rings. The molecular weight excluding hydrogens is 427 g/mol. The van der Waals surface area contributed by atoms with Crippen LogP contribution in [0.2, 0.25) is 10.0 Å². The van der Waals surface area contributed by atoms with Crippen LogP contribution in [0.1, 0.15) is 11.1 Å². The third-order valence-corrected chi connectivity index (χ3v) is 4.70. The Morgan fingerprint density at radius 2 is 1.73 bits per heavy atom. The number of amides is 1. The van der Waals surface area contributed by atoms with E-state index in [4.69, 9.17) is 23.2 Å². The van der Waals surface area contributed by atoms with Crippen molar-refractivity contribution >= 4 is 52.4 Å². The SMILES string of the molecule is O=C(Cc1ccccc1Nc1c(Cl)cccc1Cl)N/N=C/c1cccc([N+](=O)[O-])c1. The van der Waals surface area contributed by atoms with Crippen LogP contribution in [-0.2, 0) is 11.2 Å². The number of para-hydroxylation sites is 2. The fourth-order valence-corrected chi connectivity index (χ4v) is 3.15. The second kappa shape index (κ2) is 9.87. The van der Waals surface area contributed by atoms with E-state index >= 15 is 0 Å². The molecule has 0 unspecified atom stereocenters. The average Bonchev–Trinajstić information content (AvgIpc) is 2.72. The van der Waals surface area contributed by atoms with Crippen molar-refractivity contribution in [2.24, 2.45) is 5.10 Å². The molecule has 0 atom stereocenters. The Hall–Kier alpha value is -3.42. The molecule has 30 heavy (non-hydrogen) atoms.